The highest BCUT2D eigenvalue weighted by molar-refractivity contribution is 6.31. The fraction of sp³-hybridized carbons (Fsp3) is 0.304. The van der Waals surface area contributed by atoms with E-state index in [2.05, 4.69) is 22.1 Å². The standard InChI is InChI=1S/C23H25ClFN3O2/c1-2-12-26-23(30)17-6-3-4-9-21(17)27-22(29)16-10-13-28(14-11-16)15-18-19(24)7-5-8-20(18)25/h2-9,16H,1,10-15H2,(H,26,30)(H,27,29). The molecule has 7 heteroatoms. The van der Waals surface area contributed by atoms with Crippen LogP contribution in [0.4, 0.5) is 10.1 Å². The number of piperidine rings is 1. The van der Waals surface area contributed by atoms with Gasteiger partial charge in [0.2, 0.25) is 5.91 Å². The second-order valence-corrected chi connectivity index (χ2v) is 7.69. The molecule has 0 saturated carbocycles. The average molecular weight is 430 g/mol. The number of hydrogen-bond acceptors (Lipinski definition) is 3. The Hall–Kier alpha value is -2.70. The maximum absolute atomic E-state index is 14.0. The van der Waals surface area contributed by atoms with Crippen molar-refractivity contribution in [2.45, 2.75) is 19.4 Å². The van der Waals surface area contributed by atoms with Crippen LogP contribution < -0.4 is 10.6 Å². The van der Waals surface area contributed by atoms with Crippen molar-refractivity contribution >= 4 is 29.1 Å². The van der Waals surface area contributed by atoms with Gasteiger partial charge in [-0.05, 0) is 50.2 Å². The maximum atomic E-state index is 14.0. The zero-order valence-corrected chi connectivity index (χ0v) is 17.4. The number of nitrogens with zero attached hydrogens (tertiary/aromatic N) is 1. The Labute approximate surface area is 180 Å². The van der Waals surface area contributed by atoms with Crippen LogP contribution in [-0.4, -0.2) is 36.3 Å². The molecule has 3 rings (SSSR count). The summed E-state index contributed by atoms with van der Waals surface area (Å²) in [7, 11) is 0. The van der Waals surface area contributed by atoms with Gasteiger partial charge in [0.1, 0.15) is 5.82 Å². The van der Waals surface area contributed by atoms with Crippen LogP contribution in [-0.2, 0) is 11.3 Å². The van der Waals surface area contributed by atoms with Gasteiger partial charge in [-0.1, -0.05) is 35.9 Å². The molecule has 1 fully saturated rings. The first kappa shape index (κ1) is 22.0. The third kappa shape index (κ3) is 5.46. The van der Waals surface area contributed by atoms with Crippen LogP contribution in [0, 0.1) is 11.7 Å². The summed E-state index contributed by atoms with van der Waals surface area (Å²) >= 11 is 6.12. The van der Waals surface area contributed by atoms with E-state index in [1.165, 1.54) is 6.07 Å². The van der Waals surface area contributed by atoms with Crippen molar-refractivity contribution in [2.24, 2.45) is 5.92 Å². The lowest BCUT2D eigenvalue weighted by Crippen LogP contribution is -2.38. The highest BCUT2D eigenvalue weighted by Crippen LogP contribution is 2.25. The van der Waals surface area contributed by atoms with E-state index in [1.54, 1.807) is 42.5 Å². The molecule has 1 saturated heterocycles. The van der Waals surface area contributed by atoms with Crippen molar-refractivity contribution in [1.82, 2.24) is 10.2 Å². The number of benzene rings is 2. The molecular formula is C23H25ClFN3O2. The lowest BCUT2D eigenvalue weighted by Gasteiger charge is -2.31. The molecule has 5 nitrogen and oxygen atoms in total. The van der Waals surface area contributed by atoms with Gasteiger partial charge in [-0.3, -0.25) is 14.5 Å². The Morgan fingerprint density at radius 3 is 2.60 bits per heavy atom. The molecule has 0 spiro atoms. The molecule has 0 aliphatic carbocycles. The summed E-state index contributed by atoms with van der Waals surface area (Å²) in [4.78, 5) is 27.2. The van der Waals surface area contributed by atoms with Gasteiger partial charge in [0, 0.05) is 29.6 Å². The zero-order valence-electron chi connectivity index (χ0n) is 16.7. The van der Waals surface area contributed by atoms with Crippen LogP contribution in [0.3, 0.4) is 0 Å². The van der Waals surface area contributed by atoms with Crippen LogP contribution in [0.2, 0.25) is 5.02 Å². The zero-order chi connectivity index (χ0) is 21.5. The minimum absolute atomic E-state index is 0.109. The number of carbonyl (C=O) groups excluding carboxylic acids is 2. The molecule has 2 amide bonds. The van der Waals surface area contributed by atoms with Crippen molar-refractivity contribution in [3.63, 3.8) is 0 Å². The van der Waals surface area contributed by atoms with Crippen molar-refractivity contribution in [3.05, 3.63) is 77.1 Å². The van der Waals surface area contributed by atoms with Gasteiger partial charge in [-0.25, -0.2) is 4.39 Å². The summed E-state index contributed by atoms with van der Waals surface area (Å²) in [5.41, 5.74) is 1.39. The number of rotatable bonds is 7. The molecule has 158 valence electrons. The van der Waals surface area contributed by atoms with Crippen LogP contribution in [0.15, 0.2) is 55.1 Å². The predicted octanol–water partition coefficient (Wildman–Crippen LogP) is 4.25. The summed E-state index contributed by atoms with van der Waals surface area (Å²) < 4.78 is 14.0. The van der Waals surface area contributed by atoms with Gasteiger partial charge in [-0.15, -0.1) is 6.58 Å². The third-order valence-electron chi connectivity index (χ3n) is 5.24. The smallest absolute Gasteiger partial charge is 0.253 e. The number of para-hydroxylation sites is 1. The fourth-order valence-corrected chi connectivity index (χ4v) is 3.77. The van der Waals surface area contributed by atoms with E-state index in [-0.39, 0.29) is 23.5 Å². The topological polar surface area (TPSA) is 61.4 Å². The van der Waals surface area contributed by atoms with Crippen molar-refractivity contribution < 1.29 is 14.0 Å². The Bertz CT molecular complexity index is 906. The Kier molecular flexibility index (Phi) is 7.60. The molecule has 0 bridgehead atoms. The minimum Gasteiger partial charge on any atom is -0.349 e. The van der Waals surface area contributed by atoms with Gasteiger partial charge in [0.15, 0.2) is 0 Å². The molecule has 0 aromatic heterocycles. The summed E-state index contributed by atoms with van der Waals surface area (Å²) in [5, 5.41) is 6.04. The van der Waals surface area contributed by atoms with Crippen molar-refractivity contribution in [1.29, 1.82) is 0 Å². The number of carbonyl (C=O) groups is 2. The van der Waals surface area contributed by atoms with Gasteiger partial charge in [0.25, 0.3) is 5.91 Å². The third-order valence-corrected chi connectivity index (χ3v) is 5.59. The van der Waals surface area contributed by atoms with Crippen molar-refractivity contribution in [2.75, 3.05) is 25.0 Å². The maximum Gasteiger partial charge on any atom is 0.253 e. The molecule has 1 aliphatic rings. The number of nitrogens with one attached hydrogen (secondary N) is 2. The van der Waals surface area contributed by atoms with Gasteiger partial charge in [-0.2, -0.15) is 0 Å². The molecule has 0 unspecified atom stereocenters. The summed E-state index contributed by atoms with van der Waals surface area (Å²) in [6, 6.07) is 11.6. The van der Waals surface area contributed by atoms with Gasteiger partial charge < -0.3 is 10.6 Å². The van der Waals surface area contributed by atoms with Gasteiger partial charge in [0.05, 0.1) is 11.3 Å². The first-order chi connectivity index (χ1) is 14.5. The number of anilines is 1. The SMILES string of the molecule is C=CCNC(=O)c1ccccc1NC(=O)C1CCN(Cc2c(F)cccc2Cl)CC1. The largest absolute Gasteiger partial charge is 0.349 e. The predicted molar refractivity (Wildman–Crippen MR) is 117 cm³/mol. The first-order valence-electron chi connectivity index (χ1n) is 9.94. The first-order valence-corrected chi connectivity index (χ1v) is 10.3. The van der Waals surface area contributed by atoms with Crippen molar-refractivity contribution in [3.8, 4) is 0 Å². The van der Waals surface area contributed by atoms with E-state index in [1.807, 2.05) is 0 Å². The molecule has 2 N–H and O–H groups in total. The summed E-state index contributed by atoms with van der Waals surface area (Å²) in [5.74, 6) is -0.847. The molecule has 0 atom stereocenters. The summed E-state index contributed by atoms with van der Waals surface area (Å²) in [6.07, 6.45) is 2.91. The fourth-order valence-electron chi connectivity index (χ4n) is 3.55. The molecule has 2 aromatic carbocycles. The second-order valence-electron chi connectivity index (χ2n) is 7.28. The Balaban J connectivity index is 1.57. The average Bonchev–Trinajstić information content (AvgIpc) is 2.75. The number of likely N-dealkylation sites (tertiary alicyclic amines) is 1. The van der Waals surface area contributed by atoms with E-state index >= 15 is 0 Å². The van der Waals surface area contributed by atoms with E-state index in [0.717, 1.165) is 0 Å². The molecule has 30 heavy (non-hydrogen) atoms. The lowest BCUT2D eigenvalue weighted by atomic mass is 9.95. The van der Waals surface area contributed by atoms with Crippen LogP contribution in [0.5, 0.6) is 0 Å². The molecule has 1 heterocycles. The normalized spacial score (nSPS) is 14.9. The molecular weight excluding hydrogens is 405 g/mol. The van der Waals surface area contributed by atoms with E-state index in [0.29, 0.717) is 60.9 Å². The van der Waals surface area contributed by atoms with Crippen LogP contribution >= 0.6 is 11.6 Å². The van der Waals surface area contributed by atoms with Gasteiger partial charge >= 0.3 is 0 Å². The van der Waals surface area contributed by atoms with Crippen LogP contribution in [0.25, 0.3) is 0 Å². The quantitative estimate of drug-likeness (QED) is 0.647. The second kappa shape index (κ2) is 10.4. The number of amides is 2. The summed E-state index contributed by atoms with van der Waals surface area (Å²) in [6.45, 7) is 5.70. The Morgan fingerprint density at radius 1 is 1.17 bits per heavy atom. The monoisotopic (exact) mass is 429 g/mol. The van der Waals surface area contributed by atoms with E-state index in [9.17, 15) is 14.0 Å². The highest BCUT2D eigenvalue weighted by Gasteiger charge is 2.26. The Morgan fingerprint density at radius 2 is 1.90 bits per heavy atom. The number of hydrogen-bond donors (Lipinski definition) is 2. The van der Waals surface area contributed by atoms with E-state index < -0.39 is 0 Å². The molecule has 2 aromatic rings. The van der Waals surface area contributed by atoms with Crippen LogP contribution in [0.1, 0.15) is 28.8 Å². The highest BCUT2D eigenvalue weighted by atomic mass is 35.5. The minimum atomic E-state index is -0.311. The molecule has 0 radical (unpaired) electrons. The number of halogens is 2. The van der Waals surface area contributed by atoms with E-state index in [4.69, 9.17) is 11.6 Å². The lowest BCUT2D eigenvalue weighted by molar-refractivity contribution is -0.121. The molecule has 1 aliphatic heterocycles.